The fourth-order valence-electron chi connectivity index (χ4n) is 1.73. The molecular formula is C12H16N2O3. The highest BCUT2D eigenvalue weighted by Gasteiger charge is 2.26. The molecule has 0 radical (unpaired) electrons. The second kappa shape index (κ2) is 6.08. The average molecular weight is 236 g/mol. The van der Waals surface area contributed by atoms with Gasteiger partial charge >= 0.3 is 0 Å². The zero-order valence-corrected chi connectivity index (χ0v) is 10.00. The van der Waals surface area contributed by atoms with Gasteiger partial charge < -0.3 is 0 Å². The van der Waals surface area contributed by atoms with Crippen LogP contribution in [0.1, 0.15) is 30.8 Å². The van der Waals surface area contributed by atoms with Crippen LogP contribution in [0.3, 0.4) is 0 Å². The van der Waals surface area contributed by atoms with Gasteiger partial charge in [-0.05, 0) is 24.5 Å². The second-order valence-electron chi connectivity index (χ2n) is 4.42. The van der Waals surface area contributed by atoms with Crippen LogP contribution in [-0.2, 0) is 0 Å². The van der Waals surface area contributed by atoms with Crippen LogP contribution in [0.25, 0.3) is 0 Å². The van der Waals surface area contributed by atoms with Gasteiger partial charge in [0.2, 0.25) is 6.54 Å². The molecule has 1 aromatic heterocycles. The summed E-state index contributed by atoms with van der Waals surface area (Å²) >= 11 is 0. The molecule has 0 spiro atoms. The molecule has 0 aliphatic heterocycles. The van der Waals surface area contributed by atoms with Crippen LogP contribution in [0.4, 0.5) is 0 Å². The van der Waals surface area contributed by atoms with Crippen molar-refractivity contribution < 1.29 is 9.72 Å². The molecule has 0 aromatic carbocycles. The molecule has 1 rings (SSSR count). The lowest BCUT2D eigenvalue weighted by Gasteiger charge is -2.13. The minimum atomic E-state index is -0.583. The number of ketones is 1. The van der Waals surface area contributed by atoms with E-state index in [1.807, 2.05) is 13.8 Å². The summed E-state index contributed by atoms with van der Waals surface area (Å²) in [5, 5.41) is 10.6. The van der Waals surface area contributed by atoms with E-state index >= 15 is 0 Å². The third-order valence-corrected chi connectivity index (χ3v) is 2.41. The van der Waals surface area contributed by atoms with Crippen molar-refractivity contribution in [1.29, 1.82) is 0 Å². The maximum atomic E-state index is 12.0. The number of pyridine rings is 1. The first-order valence-corrected chi connectivity index (χ1v) is 5.57. The number of aromatic nitrogens is 1. The Morgan fingerprint density at radius 2 is 2.18 bits per heavy atom. The topological polar surface area (TPSA) is 73.1 Å². The monoisotopic (exact) mass is 236 g/mol. The number of rotatable bonds is 6. The predicted molar refractivity (Wildman–Crippen MR) is 63.4 cm³/mol. The van der Waals surface area contributed by atoms with Gasteiger partial charge in [0.05, 0.1) is 5.92 Å². The van der Waals surface area contributed by atoms with Crippen LogP contribution in [0.15, 0.2) is 24.4 Å². The van der Waals surface area contributed by atoms with Gasteiger partial charge in [0.1, 0.15) is 5.69 Å². The molecule has 0 aliphatic rings. The molecule has 0 saturated carbocycles. The Bertz CT molecular complexity index is 390. The Hall–Kier alpha value is -1.78. The molecule has 1 unspecified atom stereocenters. The number of hydrogen-bond donors (Lipinski definition) is 0. The molecule has 1 atom stereocenters. The lowest BCUT2D eigenvalue weighted by molar-refractivity contribution is -0.485. The summed E-state index contributed by atoms with van der Waals surface area (Å²) in [6.45, 7) is 3.56. The lowest BCUT2D eigenvalue weighted by atomic mass is 9.91. The molecular weight excluding hydrogens is 220 g/mol. The van der Waals surface area contributed by atoms with Gasteiger partial charge in [-0.25, -0.2) is 0 Å². The highest BCUT2D eigenvalue weighted by atomic mass is 16.6. The Morgan fingerprint density at radius 3 is 2.65 bits per heavy atom. The van der Waals surface area contributed by atoms with Gasteiger partial charge in [0.25, 0.3) is 0 Å². The zero-order valence-electron chi connectivity index (χ0n) is 10.00. The molecule has 0 fully saturated rings. The summed E-state index contributed by atoms with van der Waals surface area (Å²) < 4.78 is 0. The van der Waals surface area contributed by atoms with Crippen molar-refractivity contribution in [3.05, 3.63) is 40.2 Å². The van der Waals surface area contributed by atoms with Gasteiger partial charge in [-0.3, -0.25) is 19.9 Å². The Balaban J connectivity index is 2.82. The third kappa shape index (κ3) is 4.30. The first-order valence-electron chi connectivity index (χ1n) is 5.57. The molecule has 0 aliphatic carbocycles. The molecule has 1 aromatic rings. The molecule has 5 nitrogen and oxygen atoms in total. The van der Waals surface area contributed by atoms with Crippen LogP contribution in [0.2, 0.25) is 0 Å². The molecule has 0 saturated heterocycles. The Labute approximate surface area is 100 Å². The predicted octanol–water partition coefficient (Wildman–Crippen LogP) is 2.20. The molecule has 92 valence electrons. The normalized spacial score (nSPS) is 12.4. The first kappa shape index (κ1) is 13.3. The van der Waals surface area contributed by atoms with Crippen molar-refractivity contribution in [2.45, 2.75) is 20.3 Å². The Morgan fingerprint density at radius 1 is 1.47 bits per heavy atom. The Kier molecular flexibility index (Phi) is 4.75. The van der Waals surface area contributed by atoms with E-state index in [2.05, 4.69) is 4.98 Å². The van der Waals surface area contributed by atoms with E-state index in [0.717, 1.165) is 0 Å². The van der Waals surface area contributed by atoms with Crippen molar-refractivity contribution in [1.82, 2.24) is 4.98 Å². The molecule has 0 N–H and O–H groups in total. The third-order valence-electron chi connectivity index (χ3n) is 2.41. The summed E-state index contributed by atoms with van der Waals surface area (Å²) in [4.78, 5) is 26.1. The first-order chi connectivity index (χ1) is 8.00. The van der Waals surface area contributed by atoms with Crippen molar-refractivity contribution in [3.8, 4) is 0 Å². The van der Waals surface area contributed by atoms with Crippen LogP contribution >= 0.6 is 0 Å². The molecule has 0 amide bonds. The van der Waals surface area contributed by atoms with Crippen LogP contribution in [0, 0.1) is 22.0 Å². The van der Waals surface area contributed by atoms with Gasteiger partial charge in [0.15, 0.2) is 5.78 Å². The van der Waals surface area contributed by atoms with E-state index in [4.69, 9.17) is 0 Å². The van der Waals surface area contributed by atoms with Crippen molar-refractivity contribution >= 4 is 5.78 Å². The fraction of sp³-hybridized carbons (Fsp3) is 0.500. The molecule has 5 heteroatoms. The summed E-state index contributed by atoms with van der Waals surface area (Å²) in [6, 6.07) is 5.01. The number of carbonyl (C=O) groups is 1. The van der Waals surface area contributed by atoms with Crippen LogP contribution in [-0.4, -0.2) is 22.2 Å². The van der Waals surface area contributed by atoms with Crippen LogP contribution < -0.4 is 0 Å². The quantitative estimate of drug-likeness (QED) is 0.431. The van der Waals surface area contributed by atoms with Gasteiger partial charge in [-0.2, -0.15) is 0 Å². The summed E-state index contributed by atoms with van der Waals surface area (Å²) in [7, 11) is 0. The van der Waals surface area contributed by atoms with E-state index in [0.29, 0.717) is 12.1 Å². The van der Waals surface area contributed by atoms with E-state index in [1.54, 1.807) is 18.2 Å². The van der Waals surface area contributed by atoms with Crippen LogP contribution in [0.5, 0.6) is 0 Å². The number of Topliss-reactive ketones (excluding diaryl/α,β-unsaturated/α-hetero) is 1. The smallest absolute Gasteiger partial charge is 0.213 e. The molecule has 1 heterocycles. The minimum absolute atomic E-state index is 0.240. The second-order valence-corrected chi connectivity index (χ2v) is 4.42. The van der Waals surface area contributed by atoms with Gasteiger partial charge in [-0.15, -0.1) is 0 Å². The van der Waals surface area contributed by atoms with E-state index < -0.39 is 10.8 Å². The minimum Gasteiger partial charge on any atom is -0.292 e. The molecule has 17 heavy (non-hydrogen) atoms. The van der Waals surface area contributed by atoms with Crippen molar-refractivity contribution in [2.75, 3.05) is 6.54 Å². The number of hydrogen-bond acceptors (Lipinski definition) is 4. The van der Waals surface area contributed by atoms with Gasteiger partial charge in [-0.1, -0.05) is 19.9 Å². The standard InChI is InChI=1S/C12H16N2O3/c1-9(2)7-10(8-14(16)17)12(15)11-5-3-4-6-13-11/h3-6,9-10H,7-8H2,1-2H3. The number of carbonyl (C=O) groups excluding carboxylic acids is 1. The largest absolute Gasteiger partial charge is 0.292 e. The van der Waals surface area contributed by atoms with Crippen molar-refractivity contribution in [2.24, 2.45) is 11.8 Å². The van der Waals surface area contributed by atoms with Crippen molar-refractivity contribution in [3.63, 3.8) is 0 Å². The lowest BCUT2D eigenvalue weighted by Crippen LogP contribution is -2.25. The summed E-state index contributed by atoms with van der Waals surface area (Å²) in [5.41, 5.74) is 0.306. The number of nitro groups is 1. The maximum Gasteiger partial charge on any atom is 0.213 e. The van der Waals surface area contributed by atoms with E-state index in [1.165, 1.54) is 6.20 Å². The fourth-order valence-corrected chi connectivity index (χ4v) is 1.73. The SMILES string of the molecule is CC(C)CC(C[N+](=O)[O-])C(=O)c1ccccn1. The zero-order chi connectivity index (χ0) is 12.8. The summed E-state index contributed by atoms with van der Waals surface area (Å²) in [6.07, 6.45) is 2.03. The van der Waals surface area contributed by atoms with E-state index in [-0.39, 0.29) is 18.2 Å². The highest BCUT2D eigenvalue weighted by Crippen LogP contribution is 2.16. The van der Waals surface area contributed by atoms with E-state index in [9.17, 15) is 14.9 Å². The highest BCUT2D eigenvalue weighted by molar-refractivity contribution is 5.96. The molecule has 0 bridgehead atoms. The maximum absolute atomic E-state index is 12.0. The average Bonchev–Trinajstić information content (AvgIpc) is 2.27. The van der Waals surface area contributed by atoms with Gasteiger partial charge in [0, 0.05) is 11.1 Å². The summed E-state index contributed by atoms with van der Waals surface area (Å²) in [5.74, 6) is -0.580. The number of nitrogens with zero attached hydrogens (tertiary/aromatic N) is 2.